The largest absolute Gasteiger partial charge is 0.307 e. The van der Waals surface area contributed by atoms with Crippen LogP contribution in [0.5, 0.6) is 0 Å². The summed E-state index contributed by atoms with van der Waals surface area (Å²) < 4.78 is 23.8. The Morgan fingerprint density at radius 1 is 1.50 bits per heavy atom. The lowest BCUT2D eigenvalue weighted by molar-refractivity contribution is 0.535. The molecule has 1 aliphatic heterocycles. The van der Waals surface area contributed by atoms with Crippen LogP contribution < -0.4 is 5.32 Å². The minimum Gasteiger partial charge on any atom is -0.307 e. The van der Waals surface area contributed by atoms with Gasteiger partial charge in [-0.3, -0.25) is 0 Å². The SMILES string of the molecule is O=S1(=O)CCNC(c2ccc(Br)s2)C1. The molecular weight excluding hydrogens is 286 g/mol. The molecule has 1 aromatic heterocycles. The number of halogens is 1. The van der Waals surface area contributed by atoms with Gasteiger partial charge in [0, 0.05) is 11.4 Å². The van der Waals surface area contributed by atoms with Crippen LogP contribution in [0.15, 0.2) is 15.9 Å². The number of sulfone groups is 1. The lowest BCUT2D eigenvalue weighted by Crippen LogP contribution is -2.38. The van der Waals surface area contributed by atoms with Crippen molar-refractivity contribution in [3.8, 4) is 0 Å². The quantitative estimate of drug-likeness (QED) is 0.855. The van der Waals surface area contributed by atoms with Crippen molar-refractivity contribution in [1.29, 1.82) is 0 Å². The van der Waals surface area contributed by atoms with Gasteiger partial charge in [-0.25, -0.2) is 8.42 Å². The number of nitrogens with one attached hydrogen (secondary N) is 1. The Morgan fingerprint density at radius 2 is 2.29 bits per heavy atom. The molecule has 2 heterocycles. The van der Waals surface area contributed by atoms with Crippen molar-refractivity contribution >= 4 is 37.1 Å². The monoisotopic (exact) mass is 295 g/mol. The smallest absolute Gasteiger partial charge is 0.153 e. The van der Waals surface area contributed by atoms with Crippen molar-refractivity contribution in [1.82, 2.24) is 5.32 Å². The summed E-state index contributed by atoms with van der Waals surface area (Å²) >= 11 is 4.95. The van der Waals surface area contributed by atoms with Crippen molar-refractivity contribution in [2.45, 2.75) is 6.04 Å². The molecule has 6 heteroatoms. The molecule has 0 saturated carbocycles. The van der Waals surface area contributed by atoms with E-state index >= 15 is 0 Å². The zero-order valence-electron chi connectivity index (χ0n) is 7.36. The average molecular weight is 296 g/mol. The van der Waals surface area contributed by atoms with E-state index in [1.165, 1.54) is 0 Å². The molecule has 0 aliphatic carbocycles. The van der Waals surface area contributed by atoms with Crippen LogP contribution in [0.1, 0.15) is 10.9 Å². The molecule has 0 radical (unpaired) electrons. The summed E-state index contributed by atoms with van der Waals surface area (Å²) in [6.07, 6.45) is 0. The lowest BCUT2D eigenvalue weighted by Gasteiger charge is -2.22. The lowest BCUT2D eigenvalue weighted by atomic mass is 10.3. The first-order valence-electron chi connectivity index (χ1n) is 4.26. The van der Waals surface area contributed by atoms with E-state index in [4.69, 9.17) is 0 Å². The van der Waals surface area contributed by atoms with Crippen LogP contribution >= 0.6 is 27.3 Å². The highest BCUT2D eigenvalue weighted by atomic mass is 79.9. The fourth-order valence-corrected chi connectivity index (χ4v) is 4.49. The Hall–Kier alpha value is 0.0900. The van der Waals surface area contributed by atoms with Crippen LogP contribution in [0, 0.1) is 0 Å². The molecule has 1 unspecified atom stereocenters. The highest BCUT2D eigenvalue weighted by Crippen LogP contribution is 2.29. The molecule has 78 valence electrons. The highest BCUT2D eigenvalue weighted by Gasteiger charge is 2.26. The van der Waals surface area contributed by atoms with E-state index in [1.54, 1.807) is 11.3 Å². The summed E-state index contributed by atoms with van der Waals surface area (Å²) in [5.74, 6) is 0.482. The molecule has 1 saturated heterocycles. The van der Waals surface area contributed by atoms with Gasteiger partial charge in [0.2, 0.25) is 0 Å². The molecule has 1 N–H and O–H groups in total. The summed E-state index contributed by atoms with van der Waals surface area (Å²) in [6.45, 7) is 0.558. The van der Waals surface area contributed by atoms with E-state index in [0.717, 1.165) is 8.66 Å². The van der Waals surface area contributed by atoms with Gasteiger partial charge in [-0.15, -0.1) is 11.3 Å². The van der Waals surface area contributed by atoms with Crippen LogP contribution in [0.3, 0.4) is 0 Å². The predicted octanol–water partition coefficient (Wildman–Crippen LogP) is 1.57. The molecule has 2 rings (SSSR count). The van der Waals surface area contributed by atoms with E-state index < -0.39 is 9.84 Å². The number of thiophene rings is 1. The van der Waals surface area contributed by atoms with Gasteiger partial charge in [0.05, 0.1) is 21.3 Å². The zero-order chi connectivity index (χ0) is 10.2. The second-order valence-electron chi connectivity index (χ2n) is 3.26. The average Bonchev–Trinajstić information content (AvgIpc) is 2.50. The standard InChI is InChI=1S/C8H10BrNO2S2/c9-8-2-1-7(13-8)6-5-14(11,12)4-3-10-6/h1-2,6,10H,3-5H2. The third-order valence-corrected chi connectivity index (χ3v) is 5.57. The Bertz CT molecular complexity index is 426. The van der Waals surface area contributed by atoms with Gasteiger partial charge in [-0.2, -0.15) is 0 Å². The molecule has 1 fully saturated rings. The van der Waals surface area contributed by atoms with E-state index in [9.17, 15) is 8.42 Å². The van der Waals surface area contributed by atoms with Gasteiger partial charge in [-0.05, 0) is 28.1 Å². The summed E-state index contributed by atoms with van der Waals surface area (Å²) in [5, 5.41) is 3.21. The molecule has 3 nitrogen and oxygen atoms in total. The van der Waals surface area contributed by atoms with Gasteiger partial charge >= 0.3 is 0 Å². The Labute approximate surface area is 95.6 Å². The molecule has 0 spiro atoms. The van der Waals surface area contributed by atoms with Gasteiger partial charge < -0.3 is 5.32 Å². The molecule has 1 atom stereocenters. The van der Waals surface area contributed by atoms with Crippen LogP contribution in [0.25, 0.3) is 0 Å². The summed E-state index contributed by atoms with van der Waals surface area (Å²) in [6, 6.07) is 3.89. The van der Waals surface area contributed by atoms with Crippen LogP contribution in [0.2, 0.25) is 0 Å². The van der Waals surface area contributed by atoms with Gasteiger partial charge in [0.25, 0.3) is 0 Å². The van der Waals surface area contributed by atoms with Crippen LogP contribution in [-0.4, -0.2) is 26.5 Å². The number of rotatable bonds is 1. The second kappa shape index (κ2) is 3.92. The molecule has 1 aliphatic rings. The first-order chi connectivity index (χ1) is 6.57. The minimum atomic E-state index is -2.84. The second-order valence-corrected chi connectivity index (χ2v) is 7.99. The maximum atomic E-state index is 11.4. The van der Waals surface area contributed by atoms with E-state index in [2.05, 4.69) is 21.2 Å². The van der Waals surface area contributed by atoms with Crippen molar-refractivity contribution in [3.05, 3.63) is 20.8 Å². The molecule has 0 amide bonds. The fourth-order valence-electron chi connectivity index (χ4n) is 1.48. The van der Waals surface area contributed by atoms with Crippen LogP contribution in [-0.2, 0) is 9.84 Å². The third kappa shape index (κ3) is 2.36. The maximum absolute atomic E-state index is 11.4. The molecular formula is C8H10BrNO2S2. The van der Waals surface area contributed by atoms with Crippen molar-refractivity contribution in [2.75, 3.05) is 18.1 Å². The molecule has 0 bridgehead atoms. The summed E-state index contributed by atoms with van der Waals surface area (Å²) in [7, 11) is -2.84. The maximum Gasteiger partial charge on any atom is 0.153 e. The van der Waals surface area contributed by atoms with Crippen molar-refractivity contribution in [3.63, 3.8) is 0 Å². The van der Waals surface area contributed by atoms with Crippen LogP contribution in [0.4, 0.5) is 0 Å². The van der Waals surface area contributed by atoms with Crippen molar-refractivity contribution in [2.24, 2.45) is 0 Å². The zero-order valence-corrected chi connectivity index (χ0v) is 10.6. The minimum absolute atomic E-state index is 0.0231. The molecule has 0 aromatic carbocycles. The van der Waals surface area contributed by atoms with Gasteiger partial charge in [0.15, 0.2) is 9.84 Å². The molecule has 1 aromatic rings. The normalized spacial score (nSPS) is 26.2. The fraction of sp³-hybridized carbons (Fsp3) is 0.500. The Balaban J connectivity index is 2.20. The number of hydrogen-bond donors (Lipinski definition) is 1. The van der Waals surface area contributed by atoms with E-state index in [1.807, 2.05) is 12.1 Å². The highest BCUT2D eigenvalue weighted by molar-refractivity contribution is 9.11. The predicted molar refractivity (Wildman–Crippen MR) is 61.4 cm³/mol. The Kier molecular flexibility index (Phi) is 2.97. The Morgan fingerprint density at radius 3 is 2.86 bits per heavy atom. The van der Waals surface area contributed by atoms with Gasteiger partial charge in [-0.1, -0.05) is 0 Å². The van der Waals surface area contributed by atoms with E-state index in [-0.39, 0.29) is 17.5 Å². The molecule has 14 heavy (non-hydrogen) atoms. The van der Waals surface area contributed by atoms with Gasteiger partial charge in [0.1, 0.15) is 0 Å². The third-order valence-electron chi connectivity index (χ3n) is 2.16. The topological polar surface area (TPSA) is 46.2 Å². The van der Waals surface area contributed by atoms with Crippen molar-refractivity contribution < 1.29 is 8.42 Å². The number of hydrogen-bond acceptors (Lipinski definition) is 4. The summed E-state index contributed by atoms with van der Waals surface area (Å²) in [5.41, 5.74) is 0. The first kappa shape index (κ1) is 10.6. The first-order valence-corrected chi connectivity index (χ1v) is 7.69. The van der Waals surface area contributed by atoms with E-state index in [0.29, 0.717) is 6.54 Å². The summed E-state index contributed by atoms with van der Waals surface area (Å²) in [4.78, 5) is 1.08.